The summed E-state index contributed by atoms with van der Waals surface area (Å²) in [6, 6.07) is 11.3. The normalized spacial score (nSPS) is 11.5. The molecule has 0 bridgehead atoms. The summed E-state index contributed by atoms with van der Waals surface area (Å²) in [5.74, 6) is 3.41. The SMILES string of the molecule is Cc1ccc(S(=O)(=O)Nc2ccc3oc(C)c(C(=O)N[NH3+])c3c2)cc1. The van der Waals surface area contributed by atoms with Crippen LogP contribution in [0.5, 0.6) is 0 Å². The predicted octanol–water partition coefficient (Wildman–Crippen LogP) is 1.74. The molecule has 3 rings (SSSR count). The average Bonchev–Trinajstić information content (AvgIpc) is 2.89. The quantitative estimate of drug-likeness (QED) is 0.614. The Labute approximate surface area is 144 Å². The maximum absolute atomic E-state index is 12.5. The molecule has 7 nitrogen and oxygen atoms in total. The summed E-state index contributed by atoms with van der Waals surface area (Å²) >= 11 is 0. The van der Waals surface area contributed by atoms with Crippen LogP contribution in [0.3, 0.4) is 0 Å². The lowest BCUT2D eigenvalue weighted by Gasteiger charge is -2.08. The van der Waals surface area contributed by atoms with Crippen molar-refractivity contribution in [3.63, 3.8) is 0 Å². The van der Waals surface area contributed by atoms with Gasteiger partial charge in [-0.1, -0.05) is 17.7 Å². The Morgan fingerprint density at radius 1 is 1.08 bits per heavy atom. The number of furan rings is 1. The van der Waals surface area contributed by atoms with Crippen molar-refractivity contribution in [1.82, 2.24) is 5.43 Å². The Hall–Kier alpha value is -2.84. The molecule has 25 heavy (non-hydrogen) atoms. The number of sulfonamides is 1. The van der Waals surface area contributed by atoms with Crippen molar-refractivity contribution in [3.8, 4) is 0 Å². The highest BCUT2D eigenvalue weighted by Gasteiger charge is 2.20. The Morgan fingerprint density at radius 2 is 1.76 bits per heavy atom. The number of amides is 1. The third-order valence-electron chi connectivity index (χ3n) is 3.84. The van der Waals surface area contributed by atoms with Gasteiger partial charge in [0.2, 0.25) is 0 Å². The average molecular weight is 360 g/mol. The maximum atomic E-state index is 12.5. The molecule has 0 unspecified atom stereocenters. The summed E-state index contributed by atoms with van der Waals surface area (Å²) < 4.78 is 33.1. The Balaban J connectivity index is 2.02. The molecule has 0 fully saturated rings. The zero-order valence-corrected chi connectivity index (χ0v) is 14.6. The van der Waals surface area contributed by atoms with Crippen LogP contribution in [0.15, 0.2) is 51.8 Å². The molecule has 0 spiro atoms. The van der Waals surface area contributed by atoms with E-state index in [0.717, 1.165) is 5.56 Å². The van der Waals surface area contributed by atoms with Gasteiger partial charge in [0.25, 0.3) is 15.9 Å². The number of fused-ring (bicyclic) bond motifs is 1. The van der Waals surface area contributed by atoms with E-state index in [1.54, 1.807) is 49.4 Å². The van der Waals surface area contributed by atoms with Crippen LogP contribution in [0.1, 0.15) is 21.7 Å². The van der Waals surface area contributed by atoms with Gasteiger partial charge in [0, 0.05) is 11.1 Å². The second-order valence-electron chi connectivity index (χ2n) is 5.67. The standard InChI is InChI=1S/C17H17N3O4S/c1-10-3-6-13(7-4-10)25(22,23)20-12-5-8-15-14(9-12)16(11(2)24-15)17(21)19-18/h3-9,20H,18H2,1-2H3,(H,19,21)/p+1. The summed E-state index contributed by atoms with van der Waals surface area (Å²) in [5.41, 5.74) is 4.45. The van der Waals surface area contributed by atoms with Crippen molar-refractivity contribution in [2.75, 3.05) is 4.72 Å². The maximum Gasteiger partial charge on any atom is 0.299 e. The molecule has 0 aliphatic rings. The van der Waals surface area contributed by atoms with Crippen LogP contribution in [0, 0.1) is 13.8 Å². The third-order valence-corrected chi connectivity index (χ3v) is 5.23. The summed E-state index contributed by atoms with van der Waals surface area (Å²) in [6.07, 6.45) is 0. The number of benzene rings is 2. The number of aryl methyl sites for hydroxylation is 2. The van der Waals surface area contributed by atoms with Gasteiger partial charge in [-0.3, -0.25) is 15.4 Å². The molecule has 5 N–H and O–H groups in total. The van der Waals surface area contributed by atoms with Gasteiger partial charge in [0.1, 0.15) is 11.3 Å². The molecule has 0 radical (unpaired) electrons. The van der Waals surface area contributed by atoms with E-state index in [4.69, 9.17) is 4.42 Å². The number of quaternary nitrogens is 1. The first-order chi connectivity index (χ1) is 11.8. The Bertz CT molecular complexity index is 1050. The first-order valence-corrected chi connectivity index (χ1v) is 9.00. The lowest BCUT2D eigenvalue weighted by Crippen LogP contribution is -2.67. The van der Waals surface area contributed by atoms with Crippen LogP contribution in [-0.4, -0.2) is 14.3 Å². The zero-order valence-electron chi connectivity index (χ0n) is 13.8. The molecule has 2 aromatic carbocycles. The number of carbonyl (C=O) groups excluding carboxylic acids is 1. The van der Waals surface area contributed by atoms with Gasteiger partial charge >= 0.3 is 0 Å². The highest BCUT2D eigenvalue weighted by atomic mass is 32.2. The van der Waals surface area contributed by atoms with Crippen LogP contribution >= 0.6 is 0 Å². The molecule has 1 heterocycles. The first kappa shape index (κ1) is 17.0. The topological polar surface area (TPSA) is 116 Å². The van der Waals surface area contributed by atoms with Crippen LogP contribution in [-0.2, 0) is 10.0 Å². The highest BCUT2D eigenvalue weighted by Crippen LogP contribution is 2.29. The molecule has 1 amide bonds. The number of carbonyl (C=O) groups is 1. The van der Waals surface area contributed by atoms with Crippen molar-refractivity contribution in [2.24, 2.45) is 0 Å². The van der Waals surface area contributed by atoms with Gasteiger partial charge in [-0.2, -0.15) is 0 Å². The molecule has 0 saturated carbocycles. The van der Waals surface area contributed by atoms with E-state index in [-0.39, 0.29) is 4.90 Å². The third kappa shape index (κ3) is 3.21. The van der Waals surface area contributed by atoms with E-state index in [0.29, 0.717) is 28.0 Å². The van der Waals surface area contributed by atoms with Gasteiger partial charge < -0.3 is 4.42 Å². The summed E-state index contributed by atoms with van der Waals surface area (Å²) in [5, 5.41) is 0.516. The fourth-order valence-electron chi connectivity index (χ4n) is 2.59. The fourth-order valence-corrected chi connectivity index (χ4v) is 3.64. The molecule has 130 valence electrons. The predicted molar refractivity (Wildman–Crippen MR) is 93.3 cm³/mol. The molecule has 0 atom stereocenters. The van der Waals surface area contributed by atoms with E-state index in [9.17, 15) is 13.2 Å². The van der Waals surface area contributed by atoms with Crippen molar-refractivity contribution in [2.45, 2.75) is 18.7 Å². The van der Waals surface area contributed by atoms with Crippen LogP contribution in [0.4, 0.5) is 5.69 Å². The van der Waals surface area contributed by atoms with Gasteiger partial charge in [-0.05, 0) is 44.2 Å². The molecule has 3 aromatic rings. The molecule has 1 aromatic heterocycles. The lowest BCUT2D eigenvalue weighted by molar-refractivity contribution is -0.422. The number of nitrogens with one attached hydrogen (secondary N) is 2. The minimum atomic E-state index is -3.72. The van der Waals surface area contributed by atoms with E-state index in [2.05, 4.69) is 16.0 Å². The van der Waals surface area contributed by atoms with E-state index < -0.39 is 15.9 Å². The number of hydrogen-bond donors (Lipinski definition) is 3. The number of anilines is 1. The van der Waals surface area contributed by atoms with Gasteiger partial charge in [-0.15, -0.1) is 0 Å². The van der Waals surface area contributed by atoms with Crippen molar-refractivity contribution in [1.29, 1.82) is 0 Å². The van der Waals surface area contributed by atoms with Gasteiger partial charge in [0.05, 0.1) is 10.5 Å². The minimum absolute atomic E-state index is 0.164. The summed E-state index contributed by atoms with van der Waals surface area (Å²) in [6.45, 7) is 3.55. The lowest BCUT2D eigenvalue weighted by atomic mass is 10.1. The Kier molecular flexibility index (Phi) is 4.23. The largest absolute Gasteiger partial charge is 0.461 e. The van der Waals surface area contributed by atoms with Crippen LogP contribution in [0.25, 0.3) is 11.0 Å². The fraction of sp³-hybridized carbons (Fsp3) is 0.118. The monoisotopic (exact) mass is 360 g/mol. The van der Waals surface area contributed by atoms with E-state index >= 15 is 0 Å². The smallest absolute Gasteiger partial charge is 0.299 e. The van der Waals surface area contributed by atoms with Crippen molar-refractivity contribution in [3.05, 3.63) is 59.4 Å². The summed E-state index contributed by atoms with van der Waals surface area (Å²) in [7, 11) is -3.72. The zero-order chi connectivity index (χ0) is 18.2. The number of rotatable bonds is 4. The second kappa shape index (κ2) is 6.23. The molecule has 8 heteroatoms. The Morgan fingerprint density at radius 3 is 2.40 bits per heavy atom. The van der Waals surface area contributed by atoms with Gasteiger partial charge in [0.15, 0.2) is 0 Å². The minimum Gasteiger partial charge on any atom is -0.461 e. The van der Waals surface area contributed by atoms with E-state index in [1.165, 1.54) is 0 Å². The molecular formula is C17H18N3O4S+. The van der Waals surface area contributed by atoms with Gasteiger partial charge in [-0.25, -0.2) is 13.8 Å². The number of hydrogen-bond acceptors (Lipinski definition) is 4. The second-order valence-corrected chi connectivity index (χ2v) is 7.35. The molecular weight excluding hydrogens is 342 g/mol. The van der Waals surface area contributed by atoms with Crippen molar-refractivity contribution < 1.29 is 23.5 Å². The van der Waals surface area contributed by atoms with Crippen LogP contribution in [0.2, 0.25) is 0 Å². The van der Waals surface area contributed by atoms with Crippen molar-refractivity contribution >= 4 is 32.6 Å². The van der Waals surface area contributed by atoms with Crippen LogP contribution < -0.4 is 16.0 Å². The highest BCUT2D eigenvalue weighted by molar-refractivity contribution is 7.92. The molecule has 0 aliphatic carbocycles. The molecule has 0 aliphatic heterocycles. The molecule has 0 saturated heterocycles. The van der Waals surface area contributed by atoms with E-state index in [1.807, 2.05) is 6.92 Å². The summed E-state index contributed by atoms with van der Waals surface area (Å²) in [4.78, 5) is 12.2. The first-order valence-electron chi connectivity index (χ1n) is 7.52.